The van der Waals surface area contributed by atoms with E-state index in [1.807, 2.05) is 12.1 Å². The topological polar surface area (TPSA) is 84.9 Å². The first-order chi connectivity index (χ1) is 11.5. The van der Waals surface area contributed by atoms with E-state index >= 15 is 0 Å². The van der Waals surface area contributed by atoms with Crippen LogP contribution in [-0.4, -0.2) is 37.2 Å². The van der Waals surface area contributed by atoms with Gasteiger partial charge in [-0.1, -0.05) is 6.07 Å². The van der Waals surface area contributed by atoms with Crippen LogP contribution in [0.2, 0.25) is 0 Å². The smallest absolute Gasteiger partial charge is 0.303 e. The van der Waals surface area contributed by atoms with E-state index in [0.717, 1.165) is 36.3 Å². The van der Waals surface area contributed by atoms with Crippen molar-refractivity contribution in [3.63, 3.8) is 0 Å². The number of hydrogen-bond donors (Lipinski definition) is 2. The van der Waals surface area contributed by atoms with Gasteiger partial charge in [-0.15, -0.1) is 0 Å². The molecule has 1 aliphatic rings. The molecule has 1 aromatic rings. The number of carbonyl (C=O) groups excluding carboxylic acids is 1. The van der Waals surface area contributed by atoms with Crippen LogP contribution >= 0.6 is 0 Å². The van der Waals surface area contributed by atoms with Gasteiger partial charge in [0.05, 0.1) is 14.2 Å². The van der Waals surface area contributed by atoms with E-state index < -0.39 is 5.97 Å². The maximum Gasteiger partial charge on any atom is 0.303 e. The molecule has 0 heterocycles. The van der Waals surface area contributed by atoms with Crippen molar-refractivity contribution in [1.82, 2.24) is 5.32 Å². The lowest BCUT2D eigenvalue weighted by atomic mass is 9.87. The van der Waals surface area contributed by atoms with Crippen LogP contribution in [0.5, 0.6) is 11.5 Å². The normalized spacial score (nSPS) is 16.2. The van der Waals surface area contributed by atoms with E-state index in [9.17, 15) is 9.59 Å². The predicted molar refractivity (Wildman–Crippen MR) is 89.6 cm³/mol. The van der Waals surface area contributed by atoms with Crippen LogP contribution in [-0.2, 0) is 22.4 Å². The Morgan fingerprint density at radius 2 is 1.96 bits per heavy atom. The molecule has 2 N–H and O–H groups in total. The Morgan fingerprint density at radius 3 is 2.62 bits per heavy atom. The molecule has 0 radical (unpaired) electrons. The maximum atomic E-state index is 12.0. The fraction of sp³-hybridized carbons (Fsp3) is 0.556. The molecule has 132 valence electrons. The van der Waals surface area contributed by atoms with Gasteiger partial charge in [0.1, 0.15) is 0 Å². The summed E-state index contributed by atoms with van der Waals surface area (Å²) in [5.74, 6) is 0.698. The van der Waals surface area contributed by atoms with Gasteiger partial charge in [-0.05, 0) is 43.7 Å². The van der Waals surface area contributed by atoms with Crippen molar-refractivity contribution in [2.45, 2.75) is 51.0 Å². The highest BCUT2D eigenvalue weighted by Crippen LogP contribution is 2.37. The quantitative estimate of drug-likeness (QED) is 0.712. The summed E-state index contributed by atoms with van der Waals surface area (Å²) in [4.78, 5) is 22.4. The average molecular weight is 335 g/mol. The minimum Gasteiger partial charge on any atom is -0.493 e. The number of methoxy groups -OCH3 is 2. The molecule has 0 spiro atoms. The van der Waals surface area contributed by atoms with Gasteiger partial charge in [0, 0.05) is 24.4 Å². The van der Waals surface area contributed by atoms with E-state index in [1.165, 1.54) is 5.56 Å². The third kappa shape index (κ3) is 4.63. The number of carboxylic acid groups (broad SMARTS) is 1. The fourth-order valence-corrected chi connectivity index (χ4v) is 3.17. The second kappa shape index (κ2) is 8.57. The van der Waals surface area contributed by atoms with Gasteiger partial charge < -0.3 is 19.9 Å². The van der Waals surface area contributed by atoms with Crippen LogP contribution in [0.4, 0.5) is 0 Å². The van der Waals surface area contributed by atoms with E-state index in [-0.39, 0.29) is 18.4 Å². The van der Waals surface area contributed by atoms with Gasteiger partial charge >= 0.3 is 5.97 Å². The Hall–Kier alpha value is -2.24. The number of ether oxygens (including phenoxy) is 2. The van der Waals surface area contributed by atoms with Gasteiger partial charge in [0.25, 0.3) is 0 Å². The number of fused-ring (bicyclic) bond motifs is 1. The molecule has 6 nitrogen and oxygen atoms in total. The van der Waals surface area contributed by atoms with Gasteiger partial charge in [-0.2, -0.15) is 0 Å². The summed E-state index contributed by atoms with van der Waals surface area (Å²) in [7, 11) is 3.27. The highest BCUT2D eigenvalue weighted by Gasteiger charge is 2.24. The van der Waals surface area contributed by atoms with Gasteiger partial charge in [-0.25, -0.2) is 0 Å². The highest BCUT2D eigenvalue weighted by atomic mass is 16.5. The standard InChI is InChI=1S/C18H25NO5/c1-23-15-10-7-12-11-13(8-9-14(12)18(15)24-2)19-16(20)5-3-4-6-17(21)22/h7,10,13H,3-6,8-9,11H2,1-2H3,(H,19,20)(H,21,22). The van der Waals surface area contributed by atoms with Crippen molar-refractivity contribution in [2.75, 3.05) is 14.2 Å². The van der Waals surface area contributed by atoms with Crippen molar-refractivity contribution >= 4 is 11.9 Å². The monoisotopic (exact) mass is 335 g/mol. The Bertz CT molecular complexity index is 599. The van der Waals surface area contributed by atoms with E-state index in [0.29, 0.717) is 19.3 Å². The molecule has 2 rings (SSSR count). The Balaban J connectivity index is 1.89. The fourth-order valence-electron chi connectivity index (χ4n) is 3.17. The van der Waals surface area contributed by atoms with Crippen LogP contribution in [0.3, 0.4) is 0 Å². The molecular weight excluding hydrogens is 310 g/mol. The zero-order valence-electron chi connectivity index (χ0n) is 14.3. The van der Waals surface area contributed by atoms with Crippen molar-refractivity contribution in [3.05, 3.63) is 23.3 Å². The average Bonchev–Trinajstić information content (AvgIpc) is 2.57. The van der Waals surface area contributed by atoms with Crippen LogP contribution in [0, 0.1) is 0 Å². The molecular formula is C18H25NO5. The number of rotatable bonds is 8. The molecule has 1 aromatic carbocycles. The summed E-state index contributed by atoms with van der Waals surface area (Å²) in [6.45, 7) is 0. The number of benzene rings is 1. The van der Waals surface area contributed by atoms with E-state index in [2.05, 4.69) is 5.32 Å². The minimum atomic E-state index is -0.816. The molecule has 0 fully saturated rings. The SMILES string of the molecule is COc1ccc2c(c1OC)CCC(NC(=O)CCCCC(=O)O)C2. The predicted octanol–water partition coefficient (Wildman–Crippen LogP) is 2.32. The largest absolute Gasteiger partial charge is 0.493 e. The van der Waals surface area contributed by atoms with E-state index in [4.69, 9.17) is 14.6 Å². The summed E-state index contributed by atoms with van der Waals surface area (Å²) < 4.78 is 10.8. The van der Waals surface area contributed by atoms with Gasteiger partial charge in [-0.3, -0.25) is 9.59 Å². The molecule has 1 aliphatic carbocycles. The molecule has 1 amide bonds. The first-order valence-corrected chi connectivity index (χ1v) is 8.29. The van der Waals surface area contributed by atoms with Crippen molar-refractivity contribution < 1.29 is 24.2 Å². The van der Waals surface area contributed by atoms with Crippen LogP contribution in [0.25, 0.3) is 0 Å². The Kier molecular flexibility index (Phi) is 6.46. The minimum absolute atomic E-state index is 0.00526. The van der Waals surface area contributed by atoms with Crippen molar-refractivity contribution in [3.8, 4) is 11.5 Å². The van der Waals surface area contributed by atoms with Crippen LogP contribution in [0.15, 0.2) is 12.1 Å². The van der Waals surface area contributed by atoms with Gasteiger partial charge in [0.2, 0.25) is 5.91 Å². The summed E-state index contributed by atoms with van der Waals surface area (Å²) >= 11 is 0. The molecule has 0 aromatic heterocycles. The number of amides is 1. The zero-order chi connectivity index (χ0) is 17.5. The summed E-state index contributed by atoms with van der Waals surface area (Å²) in [6.07, 6.45) is 4.10. The maximum absolute atomic E-state index is 12.0. The molecule has 1 unspecified atom stereocenters. The van der Waals surface area contributed by atoms with E-state index in [1.54, 1.807) is 14.2 Å². The lowest BCUT2D eigenvalue weighted by Gasteiger charge is -2.27. The zero-order valence-corrected chi connectivity index (χ0v) is 14.3. The summed E-state index contributed by atoms with van der Waals surface area (Å²) in [6, 6.07) is 4.04. The number of unbranched alkanes of at least 4 members (excludes halogenated alkanes) is 1. The number of nitrogens with one attached hydrogen (secondary N) is 1. The Morgan fingerprint density at radius 1 is 1.21 bits per heavy atom. The summed E-state index contributed by atoms with van der Waals surface area (Å²) in [5, 5.41) is 11.6. The molecule has 0 saturated heterocycles. The highest BCUT2D eigenvalue weighted by molar-refractivity contribution is 5.76. The Labute approximate surface area is 142 Å². The first-order valence-electron chi connectivity index (χ1n) is 8.29. The number of carbonyl (C=O) groups is 2. The van der Waals surface area contributed by atoms with Gasteiger partial charge in [0.15, 0.2) is 11.5 Å². The van der Waals surface area contributed by atoms with Crippen LogP contribution in [0.1, 0.15) is 43.2 Å². The molecule has 24 heavy (non-hydrogen) atoms. The molecule has 6 heteroatoms. The lowest BCUT2D eigenvalue weighted by Crippen LogP contribution is -2.38. The second-order valence-electron chi connectivity index (χ2n) is 6.05. The van der Waals surface area contributed by atoms with Crippen molar-refractivity contribution in [2.24, 2.45) is 0 Å². The third-order valence-electron chi connectivity index (χ3n) is 4.36. The summed E-state index contributed by atoms with van der Waals surface area (Å²) in [5.41, 5.74) is 2.33. The second-order valence-corrected chi connectivity index (χ2v) is 6.05. The lowest BCUT2D eigenvalue weighted by molar-refractivity contribution is -0.137. The first kappa shape index (κ1) is 18.1. The number of hydrogen-bond acceptors (Lipinski definition) is 4. The third-order valence-corrected chi connectivity index (χ3v) is 4.36. The molecule has 0 aliphatic heterocycles. The number of carboxylic acids is 1. The van der Waals surface area contributed by atoms with Crippen molar-refractivity contribution in [1.29, 1.82) is 0 Å². The molecule has 0 saturated carbocycles. The molecule has 1 atom stereocenters. The molecule has 0 bridgehead atoms. The van der Waals surface area contributed by atoms with Crippen LogP contribution < -0.4 is 14.8 Å². The number of aliphatic carboxylic acids is 1.